The van der Waals surface area contributed by atoms with Gasteiger partial charge in [-0.2, -0.15) is 0 Å². The van der Waals surface area contributed by atoms with Crippen molar-refractivity contribution < 1.29 is 9.59 Å². The van der Waals surface area contributed by atoms with E-state index in [1.807, 2.05) is 6.92 Å². The van der Waals surface area contributed by atoms with Crippen molar-refractivity contribution in [1.29, 1.82) is 0 Å². The maximum Gasteiger partial charge on any atom is 0.227 e. The number of aryl methyl sites for hydroxylation is 1. The van der Waals surface area contributed by atoms with Crippen LogP contribution in [0.1, 0.15) is 12.1 Å². The zero-order valence-corrected chi connectivity index (χ0v) is 10.1. The van der Waals surface area contributed by atoms with Gasteiger partial charge in [0, 0.05) is 18.7 Å². The molecule has 90 valence electrons. The highest BCUT2D eigenvalue weighted by Crippen LogP contribution is 2.29. The fourth-order valence-corrected chi connectivity index (χ4v) is 2.15. The van der Waals surface area contributed by atoms with Crippen molar-refractivity contribution in [2.24, 2.45) is 11.7 Å². The topological polar surface area (TPSA) is 76.3 Å². The fraction of sp³-hybridized carbons (Fsp3) is 0.364. The molecule has 17 heavy (non-hydrogen) atoms. The normalized spacial score (nSPS) is 19.8. The molecule has 1 unspecified atom stereocenters. The molecule has 1 fully saturated rings. The Morgan fingerprint density at radius 2 is 2.29 bits per heavy atom. The van der Waals surface area contributed by atoms with E-state index >= 15 is 0 Å². The lowest BCUT2D eigenvalue weighted by Crippen LogP contribution is -2.28. The summed E-state index contributed by atoms with van der Waals surface area (Å²) in [4.78, 5) is 28.4. The van der Waals surface area contributed by atoms with Crippen LogP contribution >= 0.6 is 11.6 Å². The quantitative estimate of drug-likeness (QED) is 0.795. The van der Waals surface area contributed by atoms with Crippen LogP contribution in [-0.2, 0) is 9.59 Å². The molecule has 2 rings (SSSR count). The smallest absolute Gasteiger partial charge is 0.227 e. The van der Waals surface area contributed by atoms with Gasteiger partial charge in [-0.25, -0.2) is 4.98 Å². The second-order valence-corrected chi connectivity index (χ2v) is 4.43. The summed E-state index contributed by atoms with van der Waals surface area (Å²) in [6.45, 7) is 2.09. The van der Waals surface area contributed by atoms with Crippen molar-refractivity contribution in [3.63, 3.8) is 0 Å². The number of rotatable bonds is 2. The molecule has 1 aliphatic heterocycles. The summed E-state index contributed by atoms with van der Waals surface area (Å²) in [6, 6.07) is 3.50. The number of hydrogen-bond acceptors (Lipinski definition) is 3. The highest BCUT2D eigenvalue weighted by molar-refractivity contribution is 6.32. The van der Waals surface area contributed by atoms with Crippen LogP contribution < -0.4 is 10.6 Å². The molecule has 0 spiro atoms. The third-order valence-electron chi connectivity index (χ3n) is 2.79. The van der Waals surface area contributed by atoms with E-state index in [-0.39, 0.29) is 24.0 Å². The molecule has 1 aromatic heterocycles. The molecular weight excluding hydrogens is 242 g/mol. The monoisotopic (exact) mass is 253 g/mol. The van der Waals surface area contributed by atoms with E-state index in [4.69, 9.17) is 17.3 Å². The van der Waals surface area contributed by atoms with Crippen LogP contribution in [0.4, 0.5) is 5.69 Å². The summed E-state index contributed by atoms with van der Waals surface area (Å²) >= 11 is 5.98. The standard InChI is InChI=1S/C11H12ClN3O2/c1-6-2-3-8(10(12)14-6)15-5-7(11(13)17)4-9(15)16/h2-3,7H,4-5H2,1H3,(H2,13,17). The van der Waals surface area contributed by atoms with Crippen molar-refractivity contribution in [1.82, 2.24) is 4.98 Å². The fourth-order valence-electron chi connectivity index (χ4n) is 1.85. The van der Waals surface area contributed by atoms with Gasteiger partial charge in [0.05, 0.1) is 11.6 Å². The van der Waals surface area contributed by atoms with E-state index in [1.165, 1.54) is 4.90 Å². The van der Waals surface area contributed by atoms with Crippen LogP contribution in [0.5, 0.6) is 0 Å². The molecule has 0 aliphatic carbocycles. The van der Waals surface area contributed by atoms with Gasteiger partial charge in [0.25, 0.3) is 0 Å². The summed E-state index contributed by atoms with van der Waals surface area (Å²) in [7, 11) is 0. The number of nitrogens with zero attached hydrogens (tertiary/aromatic N) is 2. The molecular formula is C11H12ClN3O2. The predicted molar refractivity (Wildman–Crippen MR) is 63.6 cm³/mol. The van der Waals surface area contributed by atoms with Crippen molar-refractivity contribution in [3.8, 4) is 0 Å². The first kappa shape index (κ1) is 11.9. The lowest BCUT2D eigenvalue weighted by Gasteiger charge is -2.17. The van der Waals surface area contributed by atoms with Crippen LogP contribution in [0.3, 0.4) is 0 Å². The van der Waals surface area contributed by atoms with Crippen molar-refractivity contribution in [3.05, 3.63) is 23.0 Å². The van der Waals surface area contributed by atoms with E-state index in [2.05, 4.69) is 4.98 Å². The zero-order valence-electron chi connectivity index (χ0n) is 9.31. The number of nitrogens with two attached hydrogens (primary N) is 1. The van der Waals surface area contributed by atoms with Gasteiger partial charge in [0.2, 0.25) is 11.8 Å². The predicted octanol–water partition coefficient (Wildman–Crippen LogP) is 0.882. The van der Waals surface area contributed by atoms with E-state index < -0.39 is 11.8 Å². The number of aromatic nitrogens is 1. The Balaban J connectivity index is 2.29. The third-order valence-corrected chi connectivity index (χ3v) is 3.06. The van der Waals surface area contributed by atoms with Crippen LogP contribution in [0, 0.1) is 12.8 Å². The Bertz CT molecular complexity index is 490. The largest absolute Gasteiger partial charge is 0.369 e. The summed E-state index contributed by atoms with van der Waals surface area (Å²) in [5.74, 6) is -1.06. The average molecular weight is 254 g/mol. The van der Waals surface area contributed by atoms with E-state index in [1.54, 1.807) is 12.1 Å². The SMILES string of the molecule is Cc1ccc(N2CC(C(N)=O)CC2=O)c(Cl)n1. The van der Waals surface area contributed by atoms with E-state index in [0.717, 1.165) is 5.69 Å². The van der Waals surface area contributed by atoms with Crippen LogP contribution in [0.15, 0.2) is 12.1 Å². The summed E-state index contributed by atoms with van der Waals surface area (Å²) in [5.41, 5.74) is 6.50. The Labute approximate surface area is 104 Å². The molecule has 2 N–H and O–H groups in total. The van der Waals surface area contributed by atoms with E-state index in [0.29, 0.717) is 5.69 Å². The maximum atomic E-state index is 11.8. The number of carbonyl (C=O) groups excluding carboxylic acids is 2. The minimum atomic E-state index is -0.461. The molecule has 5 nitrogen and oxygen atoms in total. The molecule has 1 aromatic rings. The number of carbonyl (C=O) groups is 2. The minimum absolute atomic E-state index is 0.138. The second kappa shape index (κ2) is 4.33. The van der Waals surface area contributed by atoms with Crippen LogP contribution in [0.2, 0.25) is 5.15 Å². The Morgan fingerprint density at radius 3 is 2.82 bits per heavy atom. The van der Waals surface area contributed by atoms with Gasteiger partial charge in [-0.3, -0.25) is 9.59 Å². The van der Waals surface area contributed by atoms with Crippen molar-refractivity contribution >= 4 is 29.1 Å². The molecule has 0 aromatic carbocycles. The van der Waals surface area contributed by atoms with Crippen LogP contribution in [0.25, 0.3) is 0 Å². The minimum Gasteiger partial charge on any atom is -0.369 e. The van der Waals surface area contributed by atoms with Crippen molar-refractivity contribution in [2.75, 3.05) is 11.4 Å². The first-order chi connectivity index (χ1) is 7.99. The molecule has 0 bridgehead atoms. The molecule has 6 heteroatoms. The summed E-state index contributed by atoms with van der Waals surface area (Å²) < 4.78 is 0. The highest BCUT2D eigenvalue weighted by Gasteiger charge is 2.34. The first-order valence-electron chi connectivity index (χ1n) is 5.22. The third kappa shape index (κ3) is 2.24. The molecule has 0 saturated carbocycles. The molecule has 1 atom stereocenters. The van der Waals surface area contributed by atoms with Gasteiger partial charge >= 0.3 is 0 Å². The lowest BCUT2D eigenvalue weighted by molar-refractivity contribution is -0.123. The number of anilines is 1. The van der Waals surface area contributed by atoms with Gasteiger partial charge in [0.15, 0.2) is 5.15 Å². The summed E-state index contributed by atoms with van der Waals surface area (Å²) in [5, 5.41) is 0.267. The molecule has 1 saturated heterocycles. The number of primary amides is 1. The maximum absolute atomic E-state index is 11.8. The van der Waals surface area contributed by atoms with E-state index in [9.17, 15) is 9.59 Å². The van der Waals surface area contributed by atoms with Gasteiger partial charge < -0.3 is 10.6 Å². The van der Waals surface area contributed by atoms with Gasteiger partial charge in [-0.15, -0.1) is 0 Å². The summed E-state index contributed by atoms with van der Waals surface area (Å²) in [6.07, 6.45) is 0.138. The molecule has 2 amide bonds. The average Bonchev–Trinajstić information content (AvgIpc) is 2.61. The zero-order chi connectivity index (χ0) is 12.6. The van der Waals surface area contributed by atoms with Gasteiger partial charge in [-0.05, 0) is 19.1 Å². The van der Waals surface area contributed by atoms with Gasteiger partial charge in [-0.1, -0.05) is 11.6 Å². The lowest BCUT2D eigenvalue weighted by atomic mass is 10.1. The molecule has 1 aliphatic rings. The van der Waals surface area contributed by atoms with Crippen LogP contribution in [-0.4, -0.2) is 23.3 Å². The molecule has 2 heterocycles. The Kier molecular flexibility index (Phi) is 3.02. The number of amides is 2. The van der Waals surface area contributed by atoms with Gasteiger partial charge in [0.1, 0.15) is 0 Å². The highest BCUT2D eigenvalue weighted by atomic mass is 35.5. The molecule has 0 radical (unpaired) electrons. The van der Waals surface area contributed by atoms with Crippen molar-refractivity contribution in [2.45, 2.75) is 13.3 Å². The second-order valence-electron chi connectivity index (χ2n) is 4.07. The number of hydrogen-bond donors (Lipinski definition) is 1. The first-order valence-corrected chi connectivity index (χ1v) is 5.59. The number of halogens is 1. The Hall–Kier alpha value is -1.62. The number of pyridine rings is 1. The Morgan fingerprint density at radius 1 is 1.59 bits per heavy atom.